The first-order chi connectivity index (χ1) is 11.2. The standard InChI is InChI=1S/C17H27N3O4/c1-9(2)14(17(24)20-6-4-5-13(20)15(18)22)19-16(23)12-8-11(21)7-10(12)3/h9-10,12-14H,4-8H2,1-3H3,(H2,18,22)(H,19,23)/t10-,12+,13+,14+/m1/s1. The zero-order valence-electron chi connectivity index (χ0n) is 14.6. The van der Waals surface area contributed by atoms with E-state index in [1.54, 1.807) is 0 Å². The molecule has 24 heavy (non-hydrogen) atoms. The molecule has 1 heterocycles. The van der Waals surface area contributed by atoms with E-state index in [-0.39, 0.29) is 41.8 Å². The topological polar surface area (TPSA) is 110 Å². The fraction of sp³-hybridized carbons (Fsp3) is 0.765. The third-order valence-corrected chi connectivity index (χ3v) is 5.12. The molecule has 0 spiro atoms. The van der Waals surface area contributed by atoms with Crippen LogP contribution in [0, 0.1) is 17.8 Å². The highest BCUT2D eigenvalue weighted by atomic mass is 16.2. The van der Waals surface area contributed by atoms with E-state index in [9.17, 15) is 19.2 Å². The summed E-state index contributed by atoms with van der Waals surface area (Å²) >= 11 is 0. The van der Waals surface area contributed by atoms with E-state index in [0.717, 1.165) is 6.42 Å². The van der Waals surface area contributed by atoms with E-state index in [0.29, 0.717) is 19.4 Å². The average molecular weight is 337 g/mol. The van der Waals surface area contributed by atoms with Crippen molar-refractivity contribution in [2.75, 3.05) is 6.54 Å². The minimum atomic E-state index is -0.708. The van der Waals surface area contributed by atoms with E-state index >= 15 is 0 Å². The van der Waals surface area contributed by atoms with Gasteiger partial charge in [-0.1, -0.05) is 20.8 Å². The summed E-state index contributed by atoms with van der Waals surface area (Å²) in [6.07, 6.45) is 1.94. The van der Waals surface area contributed by atoms with Crippen molar-refractivity contribution in [1.29, 1.82) is 0 Å². The van der Waals surface area contributed by atoms with Crippen LogP contribution in [0.5, 0.6) is 0 Å². The molecule has 3 N–H and O–H groups in total. The van der Waals surface area contributed by atoms with Crippen LogP contribution in [0.2, 0.25) is 0 Å². The van der Waals surface area contributed by atoms with E-state index in [4.69, 9.17) is 5.73 Å². The van der Waals surface area contributed by atoms with Crippen LogP contribution in [0.1, 0.15) is 46.5 Å². The SMILES string of the molecule is CC(C)[C@H](NC(=O)[C@H]1CC(=O)C[C@H]1C)C(=O)N1CCC[C@H]1C(N)=O. The second-order valence-electron chi connectivity index (χ2n) is 7.35. The Kier molecular flexibility index (Phi) is 5.62. The Morgan fingerprint density at radius 1 is 1.25 bits per heavy atom. The molecule has 2 fully saturated rings. The normalized spacial score (nSPS) is 28.2. The molecule has 7 heteroatoms. The highest BCUT2D eigenvalue weighted by Crippen LogP contribution is 2.29. The van der Waals surface area contributed by atoms with Crippen LogP contribution in [-0.4, -0.2) is 47.0 Å². The molecule has 2 aliphatic rings. The first-order valence-corrected chi connectivity index (χ1v) is 8.64. The van der Waals surface area contributed by atoms with Crippen molar-refractivity contribution in [2.45, 2.75) is 58.5 Å². The predicted octanol–water partition coefficient (Wildman–Crippen LogP) is 0.219. The number of primary amides is 1. The van der Waals surface area contributed by atoms with Crippen molar-refractivity contribution in [2.24, 2.45) is 23.5 Å². The largest absolute Gasteiger partial charge is 0.368 e. The number of Topliss-reactive ketones (excluding diaryl/α,β-unsaturated/α-hetero) is 1. The average Bonchev–Trinajstić information content (AvgIpc) is 3.09. The van der Waals surface area contributed by atoms with Crippen LogP contribution < -0.4 is 11.1 Å². The molecule has 134 valence electrons. The second kappa shape index (κ2) is 7.32. The van der Waals surface area contributed by atoms with Gasteiger partial charge in [0, 0.05) is 25.3 Å². The second-order valence-corrected chi connectivity index (χ2v) is 7.35. The number of hydrogen-bond acceptors (Lipinski definition) is 4. The van der Waals surface area contributed by atoms with Gasteiger partial charge >= 0.3 is 0 Å². The van der Waals surface area contributed by atoms with Crippen molar-refractivity contribution in [3.63, 3.8) is 0 Å². The molecule has 0 radical (unpaired) electrons. The molecule has 1 saturated heterocycles. The quantitative estimate of drug-likeness (QED) is 0.747. The molecular formula is C17H27N3O4. The van der Waals surface area contributed by atoms with Gasteiger partial charge in [0.15, 0.2) is 0 Å². The minimum absolute atomic E-state index is 0.00873. The first-order valence-electron chi connectivity index (χ1n) is 8.64. The first kappa shape index (κ1) is 18.4. The minimum Gasteiger partial charge on any atom is -0.368 e. The Morgan fingerprint density at radius 3 is 2.42 bits per heavy atom. The van der Waals surface area contributed by atoms with Gasteiger partial charge in [0.1, 0.15) is 17.9 Å². The van der Waals surface area contributed by atoms with Crippen molar-refractivity contribution in [1.82, 2.24) is 10.2 Å². The molecule has 1 aliphatic carbocycles. The van der Waals surface area contributed by atoms with Crippen LogP contribution in [0.25, 0.3) is 0 Å². The molecule has 4 atom stereocenters. The Hall–Kier alpha value is -1.92. The molecule has 1 saturated carbocycles. The smallest absolute Gasteiger partial charge is 0.246 e. The summed E-state index contributed by atoms with van der Waals surface area (Å²) in [5.41, 5.74) is 5.38. The van der Waals surface area contributed by atoms with E-state index in [1.807, 2.05) is 20.8 Å². The van der Waals surface area contributed by atoms with Crippen molar-refractivity contribution in [3.8, 4) is 0 Å². The Bertz CT molecular complexity index is 546. The van der Waals surface area contributed by atoms with Crippen LogP contribution >= 0.6 is 0 Å². The van der Waals surface area contributed by atoms with Crippen molar-refractivity contribution < 1.29 is 19.2 Å². The van der Waals surface area contributed by atoms with E-state index in [1.165, 1.54) is 4.90 Å². The number of nitrogens with zero attached hydrogens (tertiary/aromatic N) is 1. The highest BCUT2D eigenvalue weighted by molar-refractivity contribution is 5.95. The summed E-state index contributed by atoms with van der Waals surface area (Å²) < 4.78 is 0. The monoisotopic (exact) mass is 337 g/mol. The third kappa shape index (κ3) is 3.76. The summed E-state index contributed by atoms with van der Waals surface area (Å²) in [5, 5.41) is 2.81. The zero-order valence-corrected chi connectivity index (χ0v) is 14.6. The molecule has 0 bridgehead atoms. The van der Waals surface area contributed by atoms with Gasteiger partial charge in [0.2, 0.25) is 17.7 Å². The molecule has 2 rings (SSSR count). The number of ketones is 1. The zero-order chi connectivity index (χ0) is 18.0. The molecule has 0 unspecified atom stereocenters. The molecule has 1 aliphatic heterocycles. The maximum Gasteiger partial charge on any atom is 0.246 e. The molecular weight excluding hydrogens is 310 g/mol. The fourth-order valence-electron chi connectivity index (χ4n) is 3.66. The lowest BCUT2D eigenvalue weighted by Gasteiger charge is -2.30. The maximum atomic E-state index is 12.8. The lowest BCUT2D eigenvalue weighted by atomic mass is 9.95. The molecule has 0 aromatic carbocycles. The lowest BCUT2D eigenvalue weighted by molar-refractivity contribution is -0.142. The molecule has 3 amide bonds. The van der Waals surface area contributed by atoms with Crippen LogP contribution in [-0.2, 0) is 19.2 Å². The van der Waals surface area contributed by atoms with Crippen LogP contribution in [0.3, 0.4) is 0 Å². The summed E-state index contributed by atoms with van der Waals surface area (Å²) in [4.78, 5) is 49.9. The number of carbonyl (C=O) groups is 4. The summed E-state index contributed by atoms with van der Waals surface area (Å²) in [6.45, 7) is 6.05. The van der Waals surface area contributed by atoms with Gasteiger partial charge in [-0.15, -0.1) is 0 Å². The number of amides is 3. The van der Waals surface area contributed by atoms with Gasteiger partial charge in [0.25, 0.3) is 0 Å². The fourth-order valence-corrected chi connectivity index (χ4v) is 3.66. The summed E-state index contributed by atoms with van der Waals surface area (Å²) in [5.74, 6) is -1.45. The Balaban J connectivity index is 2.09. The van der Waals surface area contributed by atoms with Crippen LogP contribution in [0.4, 0.5) is 0 Å². The molecule has 7 nitrogen and oxygen atoms in total. The highest BCUT2D eigenvalue weighted by Gasteiger charge is 2.40. The van der Waals surface area contributed by atoms with Crippen molar-refractivity contribution >= 4 is 23.5 Å². The third-order valence-electron chi connectivity index (χ3n) is 5.12. The Morgan fingerprint density at radius 2 is 1.92 bits per heavy atom. The lowest BCUT2D eigenvalue weighted by Crippen LogP contribution is -2.55. The summed E-state index contributed by atoms with van der Waals surface area (Å²) in [6, 6.07) is -1.30. The van der Waals surface area contributed by atoms with Crippen molar-refractivity contribution in [3.05, 3.63) is 0 Å². The Labute approximate surface area is 142 Å². The number of nitrogens with two attached hydrogens (primary N) is 1. The van der Waals surface area contributed by atoms with Gasteiger partial charge < -0.3 is 16.0 Å². The number of hydrogen-bond donors (Lipinski definition) is 2. The number of carbonyl (C=O) groups excluding carboxylic acids is 4. The molecule has 0 aromatic heterocycles. The van der Waals surface area contributed by atoms with Gasteiger partial charge in [-0.05, 0) is 24.7 Å². The predicted molar refractivity (Wildman–Crippen MR) is 87.6 cm³/mol. The van der Waals surface area contributed by atoms with Gasteiger partial charge in [0.05, 0.1) is 0 Å². The number of nitrogens with one attached hydrogen (secondary N) is 1. The van der Waals surface area contributed by atoms with E-state index in [2.05, 4.69) is 5.32 Å². The number of rotatable bonds is 5. The van der Waals surface area contributed by atoms with E-state index < -0.39 is 18.0 Å². The van der Waals surface area contributed by atoms with Gasteiger partial charge in [-0.2, -0.15) is 0 Å². The van der Waals surface area contributed by atoms with Gasteiger partial charge in [-0.3, -0.25) is 19.2 Å². The van der Waals surface area contributed by atoms with Crippen LogP contribution in [0.15, 0.2) is 0 Å². The van der Waals surface area contributed by atoms with Gasteiger partial charge in [-0.25, -0.2) is 0 Å². The summed E-state index contributed by atoms with van der Waals surface area (Å²) in [7, 11) is 0. The number of likely N-dealkylation sites (tertiary alicyclic amines) is 1. The molecule has 0 aromatic rings. The maximum absolute atomic E-state index is 12.8.